The zero-order valence-corrected chi connectivity index (χ0v) is 16.8. The summed E-state index contributed by atoms with van der Waals surface area (Å²) in [4.78, 5) is 24.7. The van der Waals surface area contributed by atoms with Crippen LogP contribution in [0.2, 0.25) is 5.02 Å². The van der Waals surface area contributed by atoms with Crippen molar-refractivity contribution in [1.29, 1.82) is 0 Å². The van der Waals surface area contributed by atoms with Crippen LogP contribution in [-0.4, -0.2) is 36.8 Å². The molecule has 2 aromatic carbocycles. The fourth-order valence-electron chi connectivity index (χ4n) is 3.40. The summed E-state index contributed by atoms with van der Waals surface area (Å²) in [6.45, 7) is 2.31. The maximum absolute atomic E-state index is 15.2. The van der Waals surface area contributed by atoms with E-state index in [1.165, 1.54) is 23.0 Å². The van der Waals surface area contributed by atoms with Gasteiger partial charge in [-0.1, -0.05) is 23.7 Å². The van der Waals surface area contributed by atoms with E-state index in [1.54, 1.807) is 19.2 Å². The van der Waals surface area contributed by atoms with Gasteiger partial charge in [0.15, 0.2) is 11.6 Å². The smallest absolute Gasteiger partial charge is 0.330 e. The number of nitrogens with zero attached hydrogens (tertiary/aromatic N) is 4. The molecule has 0 saturated carbocycles. The van der Waals surface area contributed by atoms with Crippen molar-refractivity contribution in [3.8, 4) is 11.8 Å². The van der Waals surface area contributed by atoms with Gasteiger partial charge in [0, 0.05) is 6.54 Å². The van der Waals surface area contributed by atoms with Crippen LogP contribution < -0.4 is 19.3 Å². The van der Waals surface area contributed by atoms with Crippen molar-refractivity contribution in [2.75, 3.05) is 30.6 Å². The Morgan fingerprint density at radius 1 is 1.10 bits per heavy atom. The number of benzene rings is 2. The third-order valence-corrected chi connectivity index (χ3v) is 5.08. The van der Waals surface area contributed by atoms with Gasteiger partial charge in [0.1, 0.15) is 5.75 Å². The zero-order chi connectivity index (χ0) is 20.7. The minimum Gasteiger partial charge on any atom is -0.497 e. The molecule has 0 spiro atoms. The molecule has 0 saturated heterocycles. The molecule has 1 aromatic heterocycles. The number of urea groups is 1. The molecule has 2 amide bonds. The van der Waals surface area contributed by atoms with Gasteiger partial charge in [0.2, 0.25) is 0 Å². The van der Waals surface area contributed by atoms with E-state index in [0.29, 0.717) is 29.0 Å². The van der Waals surface area contributed by atoms with E-state index in [1.807, 2.05) is 19.1 Å². The van der Waals surface area contributed by atoms with Gasteiger partial charge in [-0.3, -0.25) is 9.80 Å². The fraction of sp³-hybridized carbons (Fsp3) is 0.250. The molecule has 9 heteroatoms. The summed E-state index contributed by atoms with van der Waals surface area (Å²) in [7, 11) is 3.00. The molecule has 0 atom stereocenters. The Hall–Kier alpha value is -3.13. The van der Waals surface area contributed by atoms with Crippen molar-refractivity contribution in [2.24, 2.45) is 0 Å². The first kappa shape index (κ1) is 19.2. The highest BCUT2D eigenvalue weighted by Gasteiger charge is 2.36. The number of rotatable bonds is 5. The van der Waals surface area contributed by atoms with Crippen molar-refractivity contribution in [2.45, 2.75) is 13.5 Å². The number of anilines is 2. The van der Waals surface area contributed by atoms with Gasteiger partial charge < -0.3 is 9.47 Å². The summed E-state index contributed by atoms with van der Waals surface area (Å²) in [5, 5.41) is 0.291. The maximum atomic E-state index is 15.2. The number of methoxy groups -OCH3 is 2. The molecule has 0 aliphatic carbocycles. The third kappa shape index (κ3) is 3.09. The number of carbonyl (C=O) groups excluding carboxylic acids is 1. The molecule has 0 N–H and O–H groups in total. The van der Waals surface area contributed by atoms with E-state index in [4.69, 9.17) is 21.1 Å². The fourth-order valence-corrected chi connectivity index (χ4v) is 3.59. The number of carbonyl (C=O) groups is 1. The molecular formula is C20H18ClFN4O3. The van der Waals surface area contributed by atoms with Gasteiger partial charge in [-0.15, -0.1) is 0 Å². The van der Waals surface area contributed by atoms with Gasteiger partial charge >= 0.3 is 12.0 Å². The predicted molar refractivity (Wildman–Crippen MR) is 109 cm³/mol. The molecule has 4 rings (SSSR count). The standard InChI is InChI=1S/C20H18ClFN4O3/c1-4-25-18-15-14(23-19(24-18)29-3)9-13(21)16(22)17(15)26(20(25)27)10-11-5-7-12(28-2)8-6-11/h5-9H,4,10H2,1-3H3. The second-order valence-electron chi connectivity index (χ2n) is 6.41. The molecule has 2 heterocycles. The van der Waals surface area contributed by atoms with Crippen LogP contribution in [0.1, 0.15) is 12.5 Å². The first-order valence-electron chi connectivity index (χ1n) is 8.94. The number of amides is 2. The Kier molecular flexibility index (Phi) is 4.87. The van der Waals surface area contributed by atoms with Gasteiger partial charge in [0.05, 0.1) is 42.4 Å². The normalized spacial score (nSPS) is 13.2. The second kappa shape index (κ2) is 7.36. The lowest BCUT2D eigenvalue weighted by Crippen LogP contribution is -2.46. The van der Waals surface area contributed by atoms with Crippen LogP contribution in [0.15, 0.2) is 30.3 Å². The van der Waals surface area contributed by atoms with E-state index in [9.17, 15) is 4.79 Å². The van der Waals surface area contributed by atoms with Crippen LogP contribution in [0.4, 0.5) is 20.7 Å². The topological polar surface area (TPSA) is 67.8 Å². The highest BCUT2D eigenvalue weighted by Crippen LogP contribution is 2.43. The highest BCUT2D eigenvalue weighted by atomic mass is 35.5. The maximum Gasteiger partial charge on any atom is 0.330 e. The van der Waals surface area contributed by atoms with Crippen LogP contribution in [0.3, 0.4) is 0 Å². The lowest BCUT2D eigenvalue weighted by atomic mass is 10.1. The monoisotopic (exact) mass is 416 g/mol. The van der Waals surface area contributed by atoms with Crippen molar-refractivity contribution in [1.82, 2.24) is 9.97 Å². The molecule has 0 fully saturated rings. The Labute approximate surface area is 171 Å². The average Bonchev–Trinajstić information content (AvgIpc) is 2.73. The Bertz CT molecular complexity index is 1110. The van der Waals surface area contributed by atoms with E-state index in [2.05, 4.69) is 9.97 Å². The van der Waals surface area contributed by atoms with Gasteiger partial charge in [-0.25, -0.2) is 9.18 Å². The molecule has 150 valence electrons. The molecule has 0 unspecified atom stereocenters. The predicted octanol–water partition coefficient (Wildman–Crippen LogP) is 4.41. The van der Waals surface area contributed by atoms with Crippen molar-refractivity contribution < 1.29 is 18.7 Å². The molecule has 3 aromatic rings. The summed E-state index contributed by atoms with van der Waals surface area (Å²) in [5.41, 5.74) is 1.27. The van der Waals surface area contributed by atoms with E-state index < -0.39 is 11.8 Å². The van der Waals surface area contributed by atoms with Crippen molar-refractivity contribution in [3.63, 3.8) is 0 Å². The molecule has 0 bridgehead atoms. The first-order chi connectivity index (χ1) is 14.0. The van der Waals surface area contributed by atoms with Crippen LogP contribution in [0.5, 0.6) is 11.8 Å². The Morgan fingerprint density at radius 3 is 2.45 bits per heavy atom. The van der Waals surface area contributed by atoms with Crippen molar-refractivity contribution in [3.05, 3.63) is 46.7 Å². The second-order valence-corrected chi connectivity index (χ2v) is 6.82. The lowest BCUT2D eigenvalue weighted by Gasteiger charge is -2.36. The van der Waals surface area contributed by atoms with Gasteiger partial charge in [0.25, 0.3) is 0 Å². The summed E-state index contributed by atoms with van der Waals surface area (Å²) in [5.74, 6) is 0.304. The van der Waals surface area contributed by atoms with Crippen LogP contribution in [0.25, 0.3) is 10.9 Å². The average molecular weight is 417 g/mol. The van der Waals surface area contributed by atoms with Gasteiger partial charge in [-0.05, 0) is 30.7 Å². The summed E-state index contributed by atoms with van der Waals surface area (Å²) >= 11 is 6.13. The summed E-state index contributed by atoms with van der Waals surface area (Å²) < 4.78 is 25.5. The molecule has 0 radical (unpaired) electrons. The summed E-state index contributed by atoms with van der Waals surface area (Å²) in [6.07, 6.45) is 0. The Balaban J connectivity index is 1.93. The lowest BCUT2D eigenvalue weighted by molar-refractivity contribution is 0.250. The first-order valence-corrected chi connectivity index (χ1v) is 9.32. The van der Waals surface area contributed by atoms with E-state index in [0.717, 1.165) is 5.56 Å². The molecular weight excluding hydrogens is 399 g/mol. The number of halogens is 2. The van der Waals surface area contributed by atoms with Crippen LogP contribution >= 0.6 is 11.6 Å². The number of ether oxygens (including phenoxy) is 2. The number of hydrogen-bond donors (Lipinski definition) is 0. The molecule has 7 nitrogen and oxygen atoms in total. The third-order valence-electron chi connectivity index (χ3n) is 4.80. The van der Waals surface area contributed by atoms with Crippen molar-refractivity contribution >= 4 is 40.0 Å². The molecule has 1 aliphatic rings. The Morgan fingerprint density at radius 2 is 1.83 bits per heavy atom. The molecule has 29 heavy (non-hydrogen) atoms. The zero-order valence-electron chi connectivity index (χ0n) is 16.1. The number of aromatic nitrogens is 2. The van der Waals surface area contributed by atoms with Crippen LogP contribution in [-0.2, 0) is 6.54 Å². The summed E-state index contributed by atoms with van der Waals surface area (Å²) in [6, 6.07) is 8.30. The molecule has 1 aliphatic heterocycles. The minimum atomic E-state index is -0.688. The minimum absolute atomic E-state index is 0.0654. The number of hydrogen-bond acceptors (Lipinski definition) is 5. The van der Waals surface area contributed by atoms with E-state index in [-0.39, 0.29) is 23.3 Å². The van der Waals surface area contributed by atoms with Gasteiger partial charge in [-0.2, -0.15) is 9.97 Å². The largest absolute Gasteiger partial charge is 0.497 e. The SMILES string of the molecule is CCN1C(=O)N(Cc2ccc(OC)cc2)c2c(F)c(Cl)cc3nc(OC)nc1c23. The highest BCUT2D eigenvalue weighted by molar-refractivity contribution is 6.33. The quantitative estimate of drug-likeness (QED) is 0.616. The van der Waals surface area contributed by atoms with E-state index >= 15 is 4.39 Å². The van der Waals surface area contributed by atoms with Crippen LogP contribution in [0, 0.1) is 5.82 Å².